The van der Waals surface area contributed by atoms with Crippen molar-refractivity contribution in [3.63, 3.8) is 0 Å². The molecule has 0 aromatic heterocycles. The molecule has 0 spiro atoms. The van der Waals surface area contributed by atoms with Crippen LogP contribution in [0.1, 0.15) is 19.8 Å². The first kappa shape index (κ1) is 23.1. The molecule has 0 aliphatic carbocycles. The zero-order chi connectivity index (χ0) is 23.4. The van der Waals surface area contributed by atoms with Crippen LogP contribution in [0.25, 0.3) is 10.8 Å². The molecule has 7 nitrogen and oxygen atoms in total. The second-order valence-corrected chi connectivity index (χ2v) is 9.81. The van der Waals surface area contributed by atoms with Gasteiger partial charge < -0.3 is 14.8 Å². The zero-order valence-corrected chi connectivity index (χ0v) is 19.6. The number of nitrogens with zero attached hydrogens (tertiary/aromatic N) is 1. The van der Waals surface area contributed by atoms with Crippen molar-refractivity contribution < 1.29 is 22.7 Å². The highest BCUT2D eigenvalue weighted by Crippen LogP contribution is 2.34. The topological polar surface area (TPSA) is 84.9 Å². The van der Waals surface area contributed by atoms with Crippen LogP contribution in [-0.4, -0.2) is 45.4 Å². The summed E-state index contributed by atoms with van der Waals surface area (Å²) in [6, 6.07) is 17.9. The second kappa shape index (κ2) is 9.80. The van der Waals surface area contributed by atoms with Crippen molar-refractivity contribution in [2.24, 2.45) is 5.92 Å². The fourth-order valence-corrected chi connectivity index (χ4v) is 5.90. The fourth-order valence-electron chi connectivity index (χ4n) is 4.23. The van der Waals surface area contributed by atoms with Crippen molar-refractivity contribution in [3.05, 3.63) is 60.7 Å². The quantitative estimate of drug-likeness (QED) is 0.559. The monoisotopic (exact) mass is 468 g/mol. The third-order valence-electron chi connectivity index (χ3n) is 5.95. The van der Waals surface area contributed by atoms with Crippen molar-refractivity contribution in [3.8, 4) is 11.5 Å². The standard InChI is InChI=1S/C25H28N2O5S/c1-3-32-22-12-13-24(20-9-5-4-8-19(20)22)33(29,30)27-16-14-18(15-17-27)25(28)26-21-10-6-7-11-23(21)31-2/h4-13,18H,3,14-17H2,1-2H3,(H,26,28). The number of hydrogen-bond donors (Lipinski definition) is 1. The van der Waals surface area contributed by atoms with Crippen LogP contribution in [0.5, 0.6) is 11.5 Å². The number of para-hydroxylation sites is 2. The highest BCUT2D eigenvalue weighted by molar-refractivity contribution is 7.89. The molecule has 1 heterocycles. The number of amides is 1. The number of benzene rings is 3. The van der Waals surface area contributed by atoms with E-state index in [2.05, 4.69) is 5.32 Å². The number of anilines is 1. The molecule has 4 rings (SSSR count). The largest absolute Gasteiger partial charge is 0.495 e. The first-order valence-electron chi connectivity index (χ1n) is 11.0. The van der Waals surface area contributed by atoms with Gasteiger partial charge in [-0.1, -0.05) is 36.4 Å². The van der Waals surface area contributed by atoms with Gasteiger partial charge in [0.1, 0.15) is 11.5 Å². The Labute approximate surface area is 194 Å². The lowest BCUT2D eigenvalue weighted by Crippen LogP contribution is -2.41. The van der Waals surface area contributed by atoms with Crippen LogP contribution in [0, 0.1) is 5.92 Å². The highest BCUT2D eigenvalue weighted by Gasteiger charge is 2.33. The molecule has 33 heavy (non-hydrogen) atoms. The summed E-state index contributed by atoms with van der Waals surface area (Å²) >= 11 is 0. The van der Waals surface area contributed by atoms with E-state index in [9.17, 15) is 13.2 Å². The molecule has 1 amide bonds. The lowest BCUT2D eigenvalue weighted by Gasteiger charge is -2.31. The van der Waals surface area contributed by atoms with Gasteiger partial charge in [0.2, 0.25) is 15.9 Å². The molecule has 8 heteroatoms. The number of methoxy groups -OCH3 is 1. The van der Waals surface area contributed by atoms with Gasteiger partial charge in [0.05, 0.1) is 24.3 Å². The van der Waals surface area contributed by atoms with Gasteiger partial charge >= 0.3 is 0 Å². The van der Waals surface area contributed by atoms with Gasteiger partial charge in [0, 0.05) is 29.8 Å². The van der Waals surface area contributed by atoms with Gasteiger partial charge in [-0.15, -0.1) is 0 Å². The van der Waals surface area contributed by atoms with Crippen molar-refractivity contribution in [1.29, 1.82) is 0 Å². The third-order valence-corrected chi connectivity index (χ3v) is 7.91. The minimum atomic E-state index is -3.71. The van der Waals surface area contributed by atoms with Crippen molar-refractivity contribution in [1.82, 2.24) is 4.31 Å². The molecule has 3 aromatic carbocycles. The van der Waals surface area contributed by atoms with E-state index in [4.69, 9.17) is 9.47 Å². The predicted octanol–water partition coefficient (Wildman–Crippen LogP) is 4.29. The molecule has 1 N–H and O–H groups in total. The lowest BCUT2D eigenvalue weighted by molar-refractivity contribution is -0.120. The Balaban J connectivity index is 1.50. The molecule has 0 radical (unpaired) electrons. The van der Waals surface area contributed by atoms with Gasteiger partial charge in [0.25, 0.3) is 0 Å². The summed E-state index contributed by atoms with van der Waals surface area (Å²) in [5, 5.41) is 4.32. The average Bonchev–Trinajstić information content (AvgIpc) is 2.84. The SMILES string of the molecule is CCOc1ccc(S(=O)(=O)N2CCC(C(=O)Nc3ccccc3OC)CC2)c2ccccc12. The van der Waals surface area contributed by atoms with E-state index in [1.54, 1.807) is 37.4 Å². The molecule has 0 bridgehead atoms. The van der Waals surface area contributed by atoms with Crippen molar-refractivity contribution in [2.45, 2.75) is 24.7 Å². The summed E-state index contributed by atoms with van der Waals surface area (Å²) < 4.78 is 39.4. The number of rotatable bonds is 7. The Bertz CT molecular complexity index is 1250. The highest BCUT2D eigenvalue weighted by atomic mass is 32.2. The molecular formula is C25H28N2O5S. The number of nitrogens with one attached hydrogen (secondary N) is 1. The molecule has 0 atom stereocenters. The van der Waals surface area contributed by atoms with Gasteiger partial charge in [-0.25, -0.2) is 8.42 Å². The minimum absolute atomic E-state index is 0.122. The Morgan fingerprint density at radius 1 is 0.970 bits per heavy atom. The van der Waals surface area contributed by atoms with Crippen LogP contribution in [-0.2, 0) is 14.8 Å². The van der Waals surface area contributed by atoms with E-state index in [-0.39, 0.29) is 29.8 Å². The molecule has 1 fully saturated rings. The average molecular weight is 469 g/mol. The number of carbonyl (C=O) groups excluding carboxylic acids is 1. The van der Waals surface area contributed by atoms with Crippen LogP contribution >= 0.6 is 0 Å². The Morgan fingerprint density at radius 3 is 2.33 bits per heavy atom. The number of carbonyl (C=O) groups is 1. The Morgan fingerprint density at radius 2 is 1.64 bits per heavy atom. The summed E-state index contributed by atoms with van der Waals surface area (Å²) in [5.41, 5.74) is 0.612. The molecule has 3 aromatic rings. The van der Waals surface area contributed by atoms with Crippen LogP contribution in [0.3, 0.4) is 0 Å². The summed E-state index contributed by atoms with van der Waals surface area (Å²) in [6.45, 7) is 2.97. The van der Waals surface area contributed by atoms with Gasteiger partial charge in [-0.2, -0.15) is 4.31 Å². The Hall–Kier alpha value is -3.10. The number of piperidine rings is 1. The number of hydrogen-bond acceptors (Lipinski definition) is 5. The fraction of sp³-hybridized carbons (Fsp3) is 0.320. The molecule has 174 valence electrons. The normalized spacial score (nSPS) is 15.3. The van der Waals surface area contributed by atoms with Crippen molar-refractivity contribution in [2.75, 3.05) is 32.1 Å². The molecule has 1 saturated heterocycles. The van der Waals surface area contributed by atoms with E-state index in [0.29, 0.717) is 42.0 Å². The van der Waals surface area contributed by atoms with Crippen LogP contribution in [0.15, 0.2) is 65.6 Å². The minimum Gasteiger partial charge on any atom is -0.495 e. The summed E-state index contributed by atoms with van der Waals surface area (Å²) in [5.74, 6) is 0.869. The van der Waals surface area contributed by atoms with Crippen LogP contribution in [0.2, 0.25) is 0 Å². The second-order valence-electron chi connectivity index (χ2n) is 7.91. The number of fused-ring (bicyclic) bond motifs is 1. The maximum Gasteiger partial charge on any atom is 0.243 e. The summed E-state index contributed by atoms with van der Waals surface area (Å²) in [7, 11) is -2.16. The predicted molar refractivity (Wildman–Crippen MR) is 128 cm³/mol. The van der Waals surface area contributed by atoms with Gasteiger partial charge in [-0.05, 0) is 44.0 Å². The smallest absolute Gasteiger partial charge is 0.243 e. The van der Waals surface area contributed by atoms with E-state index < -0.39 is 10.0 Å². The first-order valence-corrected chi connectivity index (χ1v) is 12.5. The van der Waals surface area contributed by atoms with Crippen LogP contribution < -0.4 is 14.8 Å². The van der Waals surface area contributed by atoms with Crippen molar-refractivity contribution >= 4 is 32.4 Å². The van der Waals surface area contributed by atoms with Gasteiger partial charge in [0.15, 0.2) is 0 Å². The third kappa shape index (κ3) is 4.67. The summed E-state index contributed by atoms with van der Waals surface area (Å²) in [6.07, 6.45) is 0.907. The maximum atomic E-state index is 13.5. The number of ether oxygens (including phenoxy) is 2. The molecule has 0 unspecified atom stereocenters. The number of sulfonamides is 1. The molecule has 1 aliphatic heterocycles. The van der Waals surface area contributed by atoms with E-state index in [1.165, 1.54) is 4.31 Å². The first-order chi connectivity index (χ1) is 16.0. The Kier molecular flexibility index (Phi) is 6.85. The summed E-state index contributed by atoms with van der Waals surface area (Å²) in [4.78, 5) is 13.0. The molecule has 1 aliphatic rings. The molecule has 0 saturated carbocycles. The molecular weight excluding hydrogens is 440 g/mol. The maximum absolute atomic E-state index is 13.5. The van der Waals surface area contributed by atoms with E-state index in [1.807, 2.05) is 37.3 Å². The van der Waals surface area contributed by atoms with Crippen LogP contribution in [0.4, 0.5) is 5.69 Å². The van der Waals surface area contributed by atoms with E-state index in [0.717, 1.165) is 5.39 Å². The lowest BCUT2D eigenvalue weighted by atomic mass is 9.97. The van der Waals surface area contributed by atoms with E-state index >= 15 is 0 Å². The zero-order valence-electron chi connectivity index (χ0n) is 18.8. The van der Waals surface area contributed by atoms with Gasteiger partial charge in [-0.3, -0.25) is 4.79 Å².